The van der Waals surface area contributed by atoms with E-state index in [4.69, 9.17) is 0 Å². The standard InChI is InChI=1S/C26H32N4O3/c1-20-7-5-6-10-22(20)18-29-15-16-30(26(33)25(29)32)19-24(31)27-23-11-13-28(14-12-23)17-21-8-3-2-4-9-21/h2-10,23H,11-19H2,1H3,(H,27,31). The minimum absolute atomic E-state index is 0.0625. The molecule has 2 aliphatic rings. The number of carbonyl (C=O) groups is 3. The first-order valence-electron chi connectivity index (χ1n) is 11.7. The molecule has 0 atom stereocenters. The quantitative estimate of drug-likeness (QED) is 0.657. The highest BCUT2D eigenvalue weighted by Crippen LogP contribution is 2.16. The van der Waals surface area contributed by atoms with Gasteiger partial charge < -0.3 is 15.1 Å². The third-order valence-corrected chi connectivity index (χ3v) is 6.56. The molecule has 4 rings (SSSR count). The number of rotatable bonds is 7. The van der Waals surface area contributed by atoms with Crippen molar-refractivity contribution in [1.82, 2.24) is 20.0 Å². The molecule has 0 aliphatic carbocycles. The van der Waals surface area contributed by atoms with Gasteiger partial charge in [-0.3, -0.25) is 19.3 Å². The van der Waals surface area contributed by atoms with Gasteiger partial charge in [0.25, 0.3) is 0 Å². The van der Waals surface area contributed by atoms with Crippen molar-refractivity contribution in [1.29, 1.82) is 0 Å². The maximum atomic E-state index is 12.6. The Kier molecular flexibility index (Phi) is 7.40. The fraction of sp³-hybridized carbons (Fsp3) is 0.423. The minimum Gasteiger partial charge on any atom is -0.352 e. The van der Waals surface area contributed by atoms with Crippen molar-refractivity contribution in [2.75, 3.05) is 32.7 Å². The summed E-state index contributed by atoms with van der Waals surface area (Å²) in [5.41, 5.74) is 3.42. The van der Waals surface area contributed by atoms with Crippen LogP contribution in [0.4, 0.5) is 0 Å². The molecule has 2 aromatic rings. The minimum atomic E-state index is -0.595. The van der Waals surface area contributed by atoms with Gasteiger partial charge in [-0.25, -0.2) is 0 Å². The van der Waals surface area contributed by atoms with Crippen LogP contribution < -0.4 is 5.32 Å². The van der Waals surface area contributed by atoms with Gasteiger partial charge in [-0.1, -0.05) is 54.6 Å². The summed E-state index contributed by atoms with van der Waals surface area (Å²) in [5.74, 6) is -1.32. The third-order valence-electron chi connectivity index (χ3n) is 6.56. The predicted molar refractivity (Wildman–Crippen MR) is 126 cm³/mol. The number of likely N-dealkylation sites (tertiary alicyclic amines) is 1. The second-order valence-corrected chi connectivity index (χ2v) is 8.98. The Morgan fingerprint density at radius 3 is 2.21 bits per heavy atom. The van der Waals surface area contributed by atoms with E-state index in [0.717, 1.165) is 43.6 Å². The van der Waals surface area contributed by atoms with E-state index in [1.165, 1.54) is 10.5 Å². The highest BCUT2D eigenvalue weighted by molar-refractivity contribution is 6.35. The molecule has 0 spiro atoms. The summed E-state index contributed by atoms with van der Waals surface area (Å²) in [6, 6.07) is 18.3. The molecule has 7 heteroatoms. The summed E-state index contributed by atoms with van der Waals surface area (Å²) in [7, 11) is 0. The van der Waals surface area contributed by atoms with E-state index in [2.05, 4.69) is 34.5 Å². The van der Waals surface area contributed by atoms with Crippen molar-refractivity contribution in [3.05, 3.63) is 71.3 Å². The SMILES string of the molecule is Cc1ccccc1CN1CCN(CC(=O)NC2CCN(Cc3ccccc3)CC2)C(=O)C1=O. The summed E-state index contributed by atoms with van der Waals surface area (Å²) in [6.07, 6.45) is 1.77. The number of carbonyl (C=O) groups excluding carboxylic acids is 3. The molecule has 0 aromatic heterocycles. The number of nitrogens with zero attached hydrogens (tertiary/aromatic N) is 3. The second kappa shape index (κ2) is 10.6. The smallest absolute Gasteiger partial charge is 0.312 e. The Morgan fingerprint density at radius 1 is 0.848 bits per heavy atom. The Bertz CT molecular complexity index is 986. The number of aryl methyl sites for hydroxylation is 1. The summed E-state index contributed by atoms with van der Waals surface area (Å²) >= 11 is 0. The van der Waals surface area contributed by atoms with Crippen LogP contribution in [-0.2, 0) is 27.5 Å². The normalized spacial score (nSPS) is 18.0. The van der Waals surface area contributed by atoms with Gasteiger partial charge in [0.15, 0.2) is 0 Å². The molecule has 2 saturated heterocycles. The van der Waals surface area contributed by atoms with E-state index >= 15 is 0 Å². The Labute approximate surface area is 195 Å². The molecule has 0 unspecified atom stereocenters. The molecule has 33 heavy (non-hydrogen) atoms. The fourth-order valence-corrected chi connectivity index (χ4v) is 4.53. The number of amides is 3. The number of piperazine rings is 1. The largest absolute Gasteiger partial charge is 0.352 e. The van der Waals surface area contributed by atoms with Crippen molar-refractivity contribution >= 4 is 17.7 Å². The van der Waals surface area contributed by atoms with E-state index in [0.29, 0.717) is 19.6 Å². The molecule has 1 N–H and O–H groups in total. The molecule has 3 amide bonds. The lowest BCUT2D eigenvalue weighted by Crippen LogP contribution is -2.56. The number of hydrogen-bond donors (Lipinski definition) is 1. The van der Waals surface area contributed by atoms with Crippen LogP contribution in [0.3, 0.4) is 0 Å². The zero-order chi connectivity index (χ0) is 23.2. The average molecular weight is 449 g/mol. The molecule has 2 heterocycles. The number of piperidine rings is 1. The van der Waals surface area contributed by atoms with Crippen LogP contribution in [0.2, 0.25) is 0 Å². The summed E-state index contributed by atoms with van der Waals surface area (Å²) < 4.78 is 0. The highest BCUT2D eigenvalue weighted by atomic mass is 16.2. The first-order valence-corrected chi connectivity index (χ1v) is 11.7. The van der Waals surface area contributed by atoms with Crippen molar-refractivity contribution in [2.45, 2.75) is 38.9 Å². The molecule has 174 valence electrons. The topological polar surface area (TPSA) is 73.0 Å². The zero-order valence-corrected chi connectivity index (χ0v) is 19.2. The third kappa shape index (κ3) is 5.99. The van der Waals surface area contributed by atoms with E-state index in [-0.39, 0.29) is 18.5 Å². The Balaban J connectivity index is 1.21. The highest BCUT2D eigenvalue weighted by Gasteiger charge is 2.34. The van der Waals surface area contributed by atoms with Crippen LogP contribution in [0.15, 0.2) is 54.6 Å². The zero-order valence-electron chi connectivity index (χ0n) is 19.2. The van der Waals surface area contributed by atoms with Gasteiger partial charge in [-0.05, 0) is 36.5 Å². The average Bonchev–Trinajstić information content (AvgIpc) is 2.82. The van der Waals surface area contributed by atoms with Crippen LogP contribution in [0.25, 0.3) is 0 Å². The molecule has 7 nitrogen and oxygen atoms in total. The molecule has 0 bridgehead atoms. The van der Waals surface area contributed by atoms with Crippen molar-refractivity contribution in [3.63, 3.8) is 0 Å². The van der Waals surface area contributed by atoms with Gasteiger partial charge in [-0.15, -0.1) is 0 Å². The lowest BCUT2D eigenvalue weighted by Gasteiger charge is -2.35. The van der Waals surface area contributed by atoms with Crippen molar-refractivity contribution in [3.8, 4) is 0 Å². The Morgan fingerprint density at radius 2 is 1.48 bits per heavy atom. The Hall–Kier alpha value is -3.19. The van der Waals surface area contributed by atoms with Crippen LogP contribution in [0.1, 0.15) is 29.5 Å². The molecular formula is C26H32N4O3. The van der Waals surface area contributed by atoms with Gasteiger partial charge in [0.05, 0.1) is 0 Å². The van der Waals surface area contributed by atoms with E-state index < -0.39 is 11.8 Å². The first kappa shape index (κ1) is 23.0. The molecule has 2 aliphatic heterocycles. The lowest BCUT2D eigenvalue weighted by atomic mass is 10.0. The molecule has 0 radical (unpaired) electrons. The summed E-state index contributed by atoms with van der Waals surface area (Å²) in [5, 5.41) is 3.06. The van der Waals surface area contributed by atoms with Crippen LogP contribution in [0, 0.1) is 6.92 Å². The lowest BCUT2D eigenvalue weighted by molar-refractivity contribution is -0.157. The summed E-state index contributed by atoms with van der Waals surface area (Å²) in [4.78, 5) is 43.1. The maximum absolute atomic E-state index is 12.6. The summed E-state index contributed by atoms with van der Waals surface area (Å²) in [6.45, 7) is 5.93. The molecular weight excluding hydrogens is 416 g/mol. The fourth-order valence-electron chi connectivity index (χ4n) is 4.53. The van der Waals surface area contributed by atoms with Crippen LogP contribution in [-0.4, -0.2) is 71.2 Å². The van der Waals surface area contributed by atoms with Crippen molar-refractivity contribution in [2.24, 2.45) is 0 Å². The number of hydrogen-bond acceptors (Lipinski definition) is 4. The van der Waals surface area contributed by atoms with Gasteiger partial charge in [0, 0.05) is 45.3 Å². The van der Waals surface area contributed by atoms with Gasteiger partial charge in [-0.2, -0.15) is 0 Å². The van der Waals surface area contributed by atoms with E-state index in [1.54, 1.807) is 4.90 Å². The molecule has 2 aromatic carbocycles. The van der Waals surface area contributed by atoms with Gasteiger partial charge >= 0.3 is 11.8 Å². The van der Waals surface area contributed by atoms with Crippen LogP contribution >= 0.6 is 0 Å². The monoisotopic (exact) mass is 448 g/mol. The van der Waals surface area contributed by atoms with E-state index in [9.17, 15) is 14.4 Å². The molecule has 0 saturated carbocycles. The molecule has 2 fully saturated rings. The second-order valence-electron chi connectivity index (χ2n) is 8.98. The van der Waals surface area contributed by atoms with E-state index in [1.807, 2.05) is 37.3 Å². The maximum Gasteiger partial charge on any atom is 0.312 e. The number of benzene rings is 2. The number of nitrogens with one attached hydrogen (secondary N) is 1. The predicted octanol–water partition coefficient (Wildman–Crippen LogP) is 1.95. The first-order chi connectivity index (χ1) is 16.0. The van der Waals surface area contributed by atoms with Crippen LogP contribution in [0.5, 0.6) is 0 Å². The van der Waals surface area contributed by atoms with Gasteiger partial charge in [0.2, 0.25) is 5.91 Å². The van der Waals surface area contributed by atoms with Gasteiger partial charge in [0.1, 0.15) is 6.54 Å². The van der Waals surface area contributed by atoms with Crippen molar-refractivity contribution < 1.29 is 14.4 Å².